The van der Waals surface area contributed by atoms with Gasteiger partial charge in [0.25, 0.3) is 0 Å². The summed E-state index contributed by atoms with van der Waals surface area (Å²) in [6, 6.07) is 0. The highest BCUT2D eigenvalue weighted by atomic mass is 16.5. The molecule has 0 aliphatic carbocycles. The molecule has 3 heteroatoms. The van der Waals surface area contributed by atoms with Gasteiger partial charge in [-0.05, 0) is 12.8 Å². The van der Waals surface area contributed by atoms with Crippen LogP contribution in [0.15, 0.2) is 11.6 Å². The van der Waals surface area contributed by atoms with Gasteiger partial charge in [0.1, 0.15) is 13.1 Å². The molecule has 0 aromatic carbocycles. The Bertz CT molecular complexity index is 272. The molecule has 14 heavy (non-hydrogen) atoms. The van der Waals surface area contributed by atoms with Crippen LogP contribution in [0.3, 0.4) is 0 Å². The van der Waals surface area contributed by atoms with Crippen LogP contribution in [0.4, 0.5) is 0 Å². The lowest BCUT2D eigenvalue weighted by Gasteiger charge is -2.27. The van der Waals surface area contributed by atoms with Gasteiger partial charge in [-0.2, -0.15) is 0 Å². The molecule has 0 aromatic heterocycles. The molecule has 0 aliphatic rings. The first kappa shape index (κ1) is 12.7. The van der Waals surface area contributed by atoms with E-state index < -0.39 is 0 Å². The Kier molecular flexibility index (Phi) is 4.96. The number of methoxy groups -OCH3 is 1. The molecule has 0 aliphatic heterocycles. The Balaban J connectivity index is 4.49. The lowest BCUT2D eigenvalue weighted by atomic mass is 10.2. The monoisotopic (exact) mass is 196 g/mol. The lowest BCUT2D eigenvalue weighted by Crippen LogP contribution is -2.42. The van der Waals surface area contributed by atoms with Crippen LogP contribution >= 0.6 is 0 Å². The standard InChI is InChI=1S/C11H18NO2/c1-6-8-12(3,4)9-10(7-2)11(13)14-5/h1,7H,8-9H2,2-5H3/q+1/b10-7+. The fourth-order valence-electron chi connectivity index (χ4n) is 1.17. The molecule has 0 atom stereocenters. The Hall–Kier alpha value is -1.27. The number of carbonyl (C=O) groups is 1. The summed E-state index contributed by atoms with van der Waals surface area (Å²) in [6.45, 7) is 3.00. The molecule has 0 N–H and O–H groups in total. The SMILES string of the molecule is C#CC[N+](C)(C)C/C(=C\C)C(=O)OC. The molecule has 0 amide bonds. The first-order valence-corrected chi connectivity index (χ1v) is 4.46. The minimum atomic E-state index is -0.282. The van der Waals surface area contributed by atoms with Crippen LogP contribution < -0.4 is 0 Å². The molecule has 0 bridgehead atoms. The second-order valence-corrected chi connectivity index (χ2v) is 3.76. The number of allylic oxidation sites excluding steroid dienone is 1. The smallest absolute Gasteiger partial charge is 0.339 e. The minimum absolute atomic E-state index is 0.282. The van der Waals surface area contributed by atoms with E-state index in [1.165, 1.54) is 7.11 Å². The summed E-state index contributed by atoms with van der Waals surface area (Å²) < 4.78 is 5.25. The van der Waals surface area contributed by atoms with E-state index in [2.05, 4.69) is 10.7 Å². The fraction of sp³-hybridized carbons (Fsp3) is 0.545. The predicted molar refractivity (Wildman–Crippen MR) is 56.4 cm³/mol. The van der Waals surface area contributed by atoms with E-state index in [0.29, 0.717) is 23.1 Å². The topological polar surface area (TPSA) is 26.3 Å². The molecule has 0 heterocycles. The van der Waals surface area contributed by atoms with Crippen molar-refractivity contribution in [3.05, 3.63) is 11.6 Å². The van der Waals surface area contributed by atoms with Crippen molar-refractivity contribution >= 4 is 5.97 Å². The number of carbonyl (C=O) groups excluding carboxylic acids is 1. The van der Waals surface area contributed by atoms with E-state index in [-0.39, 0.29) is 5.97 Å². The predicted octanol–water partition coefficient (Wildman–Crippen LogP) is 0.815. The largest absolute Gasteiger partial charge is 0.465 e. The van der Waals surface area contributed by atoms with Crippen LogP contribution in [0.25, 0.3) is 0 Å². The number of hydrogen-bond acceptors (Lipinski definition) is 2. The van der Waals surface area contributed by atoms with Crippen molar-refractivity contribution in [3.8, 4) is 12.3 Å². The molecular weight excluding hydrogens is 178 g/mol. The maximum absolute atomic E-state index is 11.3. The number of esters is 1. The number of quaternary nitrogens is 1. The molecule has 0 saturated carbocycles. The zero-order chi connectivity index (χ0) is 11.2. The molecule has 0 fully saturated rings. The highest BCUT2D eigenvalue weighted by molar-refractivity contribution is 5.88. The van der Waals surface area contributed by atoms with Gasteiger partial charge in [-0.3, -0.25) is 0 Å². The van der Waals surface area contributed by atoms with Gasteiger partial charge in [0.05, 0.1) is 26.8 Å². The zero-order valence-corrected chi connectivity index (χ0v) is 9.33. The number of hydrogen-bond donors (Lipinski definition) is 0. The molecular formula is C11H18NO2+. The van der Waals surface area contributed by atoms with Gasteiger partial charge in [0.2, 0.25) is 0 Å². The first-order valence-electron chi connectivity index (χ1n) is 4.46. The minimum Gasteiger partial charge on any atom is -0.465 e. The highest BCUT2D eigenvalue weighted by Gasteiger charge is 2.20. The van der Waals surface area contributed by atoms with E-state index in [1.807, 2.05) is 21.0 Å². The van der Waals surface area contributed by atoms with Crippen LogP contribution in [0, 0.1) is 12.3 Å². The summed E-state index contributed by atoms with van der Waals surface area (Å²) in [5.74, 6) is 2.31. The molecule has 0 unspecified atom stereocenters. The second kappa shape index (κ2) is 5.46. The van der Waals surface area contributed by atoms with E-state index in [1.54, 1.807) is 6.08 Å². The normalized spacial score (nSPS) is 12.1. The van der Waals surface area contributed by atoms with Gasteiger partial charge in [-0.15, -0.1) is 6.42 Å². The molecule has 0 saturated heterocycles. The van der Waals surface area contributed by atoms with Crippen LogP contribution in [0.1, 0.15) is 6.92 Å². The Morgan fingerprint density at radius 1 is 1.57 bits per heavy atom. The van der Waals surface area contributed by atoms with Crippen molar-refractivity contribution in [2.45, 2.75) is 6.92 Å². The Labute approximate surface area is 85.9 Å². The number of likely N-dealkylation sites (N-methyl/N-ethyl adjacent to an activating group) is 1. The van der Waals surface area contributed by atoms with Crippen LogP contribution in [-0.2, 0) is 9.53 Å². The molecule has 0 spiro atoms. The molecule has 0 radical (unpaired) electrons. The lowest BCUT2D eigenvalue weighted by molar-refractivity contribution is -0.878. The van der Waals surface area contributed by atoms with Gasteiger partial charge in [0, 0.05) is 0 Å². The number of rotatable bonds is 4. The van der Waals surface area contributed by atoms with Crippen molar-refractivity contribution in [1.29, 1.82) is 0 Å². The average Bonchev–Trinajstić information content (AvgIpc) is 2.13. The number of terminal acetylenes is 1. The summed E-state index contributed by atoms with van der Waals surface area (Å²) >= 11 is 0. The third-order valence-corrected chi connectivity index (χ3v) is 1.91. The number of ether oxygens (including phenoxy) is 1. The van der Waals surface area contributed by atoms with E-state index in [0.717, 1.165) is 0 Å². The Morgan fingerprint density at radius 3 is 2.50 bits per heavy atom. The van der Waals surface area contributed by atoms with Crippen molar-refractivity contribution in [2.75, 3.05) is 34.3 Å². The fourth-order valence-corrected chi connectivity index (χ4v) is 1.17. The summed E-state index contributed by atoms with van der Waals surface area (Å²) in [6.07, 6.45) is 7.01. The van der Waals surface area contributed by atoms with Crippen molar-refractivity contribution in [2.24, 2.45) is 0 Å². The van der Waals surface area contributed by atoms with Crippen molar-refractivity contribution < 1.29 is 14.0 Å². The summed E-state index contributed by atoms with van der Waals surface area (Å²) in [5, 5.41) is 0. The second-order valence-electron chi connectivity index (χ2n) is 3.76. The van der Waals surface area contributed by atoms with Gasteiger partial charge in [-0.25, -0.2) is 4.79 Å². The van der Waals surface area contributed by atoms with E-state index in [9.17, 15) is 4.79 Å². The van der Waals surface area contributed by atoms with Gasteiger partial charge in [0.15, 0.2) is 0 Å². The zero-order valence-electron chi connectivity index (χ0n) is 9.33. The summed E-state index contributed by atoms with van der Waals surface area (Å²) in [4.78, 5) is 11.3. The average molecular weight is 196 g/mol. The van der Waals surface area contributed by atoms with Crippen LogP contribution in [0.5, 0.6) is 0 Å². The molecule has 0 aromatic rings. The molecule has 78 valence electrons. The first-order chi connectivity index (χ1) is 6.46. The van der Waals surface area contributed by atoms with Crippen LogP contribution in [-0.4, -0.2) is 44.7 Å². The maximum Gasteiger partial charge on any atom is 0.339 e. The van der Waals surface area contributed by atoms with Gasteiger partial charge < -0.3 is 9.22 Å². The Morgan fingerprint density at radius 2 is 2.14 bits per heavy atom. The van der Waals surface area contributed by atoms with Gasteiger partial charge in [-0.1, -0.05) is 6.08 Å². The van der Waals surface area contributed by atoms with Crippen LogP contribution in [0.2, 0.25) is 0 Å². The van der Waals surface area contributed by atoms with Gasteiger partial charge >= 0.3 is 5.97 Å². The maximum atomic E-state index is 11.3. The number of nitrogens with zero attached hydrogens (tertiary/aromatic N) is 1. The third kappa shape index (κ3) is 4.11. The highest BCUT2D eigenvalue weighted by Crippen LogP contribution is 2.06. The quantitative estimate of drug-likeness (QED) is 0.288. The van der Waals surface area contributed by atoms with E-state index in [4.69, 9.17) is 6.42 Å². The van der Waals surface area contributed by atoms with Crippen molar-refractivity contribution in [3.63, 3.8) is 0 Å². The summed E-state index contributed by atoms with van der Waals surface area (Å²) in [7, 11) is 5.34. The molecule has 3 nitrogen and oxygen atoms in total. The van der Waals surface area contributed by atoms with E-state index >= 15 is 0 Å². The summed E-state index contributed by atoms with van der Waals surface area (Å²) in [5.41, 5.74) is 0.660. The van der Waals surface area contributed by atoms with Crippen molar-refractivity contribution in [1.82, 2.24) is 0 Å². The molecule has 0 rings (SSSR count). The third-order valence-electron chi connectivity index (χ3n) is 1.91.